The molecule has 4 heteroatoms. The first kappa shape index (κ1) is 14.1. The summed E-state index contributed by atoms with van der Waals surface area (Å²) in [5.74, 6) is 0.223. The van der Waals surface area contributed by atoms with Gasteiger partial charge in [-0.2, -0.15) is 0 Å². The van der Waals surface area contributed by atoms with E-state index in [1.54, 1.807) is 0 Å². The quantitative estimate of drug-likeness (QED) is 0.854. The molecule has 4 nitrogen and oxygen atoms in total. The summed E-state index contributed by atoms with van der Waals surface area (Å²) < 4.78 is 0. The number of quaternary nitrogens is 1. The van der Waals surface area contributed by atoms with Crippen LogP contribution in [0.4, 0.5) is 5.69 Å². The summed E-state index contributed by atoms with van der Waals surface area (Å²) in [6, 6.07) is 8.84. The van der Waals surface area contributed by atoms with Gasteiger partial charge in [0, 0.05) is 25.3 Å². The van der Waals surface area contributed by atoms with Crippen molar-refractivity contribution in [2.45, 2.75) is 56.1 Å². The molecular formula is C18H26N3O+. The Labute approximate surface area is 132 Å². The number of anilines is 1. The third-order valence-electron chi connectivity index (χ3n) is 6.46. The lowest BCUT2D eigenvalue weighted by atomic mass is 9.77. The van der Waals surface area contributed by atoms with Gasteiger partial charge < -0.3 is 15.5 Å². The van der Waals surface area contributed by atoms with E-state index >= 15 is 0 Å². The van der Waals surface area contributed by atoms with Gasteiger partial charge in [-0.3, -0.25) is 4.79 Å². The van der Waals surface area contributed by atoms with Crippen LogP contribution >= 0.6 is 0 Å². The van der Waals surface area contributed by atoms with E-state index < -0.39 is 5.66 Å². The zero-order chi connectivity index (χ0) is 15.5. The van der Waals surface area contributed by atoms with Crippen LogP contribution in [0.5, 0.6) is 0 Å². The summed E-state index contributed by atoms with van der Waals surface area (Å²) in [5, 5.41) is 0. The molecule has 1 saturated heterocycles. The maximum atomic E-state index is 13.3. The minimum atomic E-state index is -0.686. The molecule has 0 aromatic heterocycles. The molecule has 2 aliphatic heterocycles. The van der Waals surface area contributed by atoms with Gasteiger partial charge in [0.15, 0.2) is 0 Å². The molecule has 4 rings (SSSR count). The molecule has 22 heavy (non-hydrogen) atoms. The van der Waals surface area contributed by atoms with Crippen molar-refractivity contribution in [1.29, 1.82) is 0 Å². The van der Waals surface area contributed by atoms with Crippen LogP contribution in [0.2, 0.25) is 0 Å². The van der Waals surface area contributed by atoms with Crippen LogP contribution in [-0.2, 0) is 10.2 Å². The van der Waals surface area contributed by atoms with Gasteiger partial charge in [-0.05, 0) is 31.4 Å². The Morgan fingerprint density at radius 3 is 2.59 bits per heavy atom. The minimum Gasteiger partial charge on any atom is -0.331 e. The summed E-state index contributed by atoms with van der Waals surface area (Å²) in [4.78, 5) is 17.6. The zero-order valence-corrected chi connectivity index (χ0v) is 13.6. The number of carbonyl (C=O) groups excluding carboxylic acids is 1. The predicted molar refractivity (Wildman–Crippen MR) is 86.4 cm³/mol. The highest BCUT2D eigenvalue weighted by molar-refractivity contribution is 5.96. The van der Waals surface area contributed by atoms with E-state index in [1.807, 2.05) is 13.1 Å². The fourth-order valence-corrected chi connectivity index (χ4v) is 4.96. The van der Waals surface area contributed by atoms with Gasteiger partial charge in [0.2, 0.25) is 0 Å². The lowest BCUT2D eigenvalue weighted by Crippen LogP contribution is -2.87. The monoisotopic (exact) mass is 300 g/mol. The number of fused-ring (bicyclic) bond motifs is 3. The topological polar surface area (TPSA) is 51.2 Å². The zero-order valence-electron chi connectivity index (χ0n) is 13.6. The van der Waals surface area contributed by atoms with E-state index in [0.29, 0.717) is 6.04 Å². The van der Waals surface area contributed by atoms with E-state index in [4.69, 9.17) is 0 Å². The maximum absolute atomic E-state index is 13.3. The first-order valence-electron chi connectivity index (χ1n) is 8.50. The van der Waals surface area contributed by atoms with E-state index in [9.17, 15) is 4.79 Å². The van der Waals surface area contributed by atoms with Crippen molar-refractivity contribution in [1.82, 2.24) is 4.90 Å². The maximum Gasteiger partial charge on any atom is 0.307 e. The lowest BCUT2D eigenvalue weighted by Gasteiger charge is -2.33. The molecule has 118 valence electrons. The number of likely N-dealkylation sites (N-methyl/N-ethyl adjacent to an activating group) is 1. The number of hydrogen-bond acceptors (Lipinski definition) is 2. The van der Waals surface area contributed by atoms with Gasteiger partial charge in [0.05, 0.1) is 5.41 Å². The van der Waals surface area contributed by atoms with Crippen LogP contribution < -0.4 is 10.6 Å². The SMILES string of the molecule is CN1c2ccccc2[C@@]2(C)CN(C3CCCCC3)C(=O)[C@]12[NH3+]. The van der Waals surface area contributed by atoms with Gasteiger partial charge in [0.25, 0.3) is 5.66 Å². The number of rotatable bonds is 1. The van der Waals surface area contributed by atoms with Gasteiger partial charge >= 0.3 is 5.91 Å². The Morgan fingerprint density at radius 1 is 1.18 bits per heavy atom. The average Bonchev–Trinajstić information content (AvgIpc) is 2.87. The highest BCUT2D eigenvalue weighted by atomic mass is 16.2. The van der Waals surface area contributed by atoms with Gasteiger partial charge in [-0.1, -0.05) is 37.5 Å². The number of benzene rings is 1. The van der Waals surface area contributed by atoms with Crippen LogP contribution in [0.1, 0.15) is 44.6 Å². The first-order chi connectivity index (χ1) is 10.5. The number of para-hydroxylation sites is 1. The van der Waals surface area contributed by atoms with Crippen LogP contribution in [0.25, 0.3) is 0 Å². The Balaban J connectivity index is 1.78. The highest BCUT2D eigenvalue weighted by Gasteiger charge is 2.71. The number of nitrogens with zero attached hydrogens (tertiary/aromatic N) is 2. The molecule has 0 spiro atoms. The summed E-state index contributed by atoms with van der Waals surface area (Å²) in [7, 11) is 2.03. The van der Waals surface area contributed by atoms with E-state index in [-0.39, 0.29) is 11.3 Å². The van der Waals surface area contributed by atoms with E-state index in [2.05, 4.69) is 40.7 Å². The molecule has 2 fully saturated rings. The molecular weight excluding hydrogens is 274 g/mol. The number of carbonyl (C=O) groups is 1. The molecule has 1 amide bonds. The average molecular weight is 300 g/mol. The number of likely N-dealkylation sites (tertiary alicyclic amines) is 1. The first-order valence-corrected chi connectivity index (χ1v) is 8.50. The molecule has 1 aromatic carbocycles. The van der Waals surface area contributed by atoms with Gasteiger partial charge in [-0.15, -0.1) is 0 Å². The Hall–Kier alpha value is -1.55. The second-order valence-electron chi connectivity index (χ2n) is 7.49. The number of hydrogen-bond donors (Lipinski definition) is 1. The predicted octanol–water partition coefficient (Wildman–Crippen LogP) is 1.51. The summed E-state index contributed by atoms with van der Waals surface area (Å²) in [6.07, 6.45) is 6.13. The molecule has 0 bridgehead atoms. The Morgan fingerprint density at radius 2 is 1.86 bits per heavy atom. The third kappa shape index (κ3) is 1.49. The van der Waals surface area contributed by atoms with Crippen LogP contribution in [-0.4, -0.2) is 36.1 Å². The van der Waals surface area contributed by atoms with Gasteiger partial charge in [0.1, 0.15) is 0 Å². The standard InChI is InChI=1S/C18H25N3O/c1-17-12-21(13-8-4-3-5-9-13)16(22)18(17,19)20(2)15-11-7-6-10-14(15)17/h6-7,10-11,13H,3-5,8-9,12,19H2,1-2H3/p+1/t17-,18+/m1/s1. The Bertz CT molecular complexity index is 625. The Kier molecular flexibility index (Phi) is 2.86. The molecule has 2 atom stereocenters. The highest BCUT2D eigenvalue weighted by Crippen LogP contribution is 2.53. The second-order valence-corrected chi connectivity index (χ2v) is 7.49. The van der Waals surface area contributed by atoms with Crippen molar-refractivity contribution in [2.24, 2.45) is 0 Å². The fourth-order valence-electron chi connectivity index (χ4n) is 4.96. The normalized spacial score (nSPS) is 35.0. The summed E-state index contributed by atoms with van der Waals surface area (Å²) in [6.45, 7) is 3.03. The minimum absolute atomic E-state index is 0.215. The molecule has 0 unspecified atom stereocenters. The molecule has 3 aliphatic rings. The van der Waals surface area contributed by atoms with Crippen LogP contribution in [0, 0.1) is 0 Å². The van der Waals surface area contributed by atoms with E-state index in [0.717, 1.165) is 25.1 Å². The third-order valence-corrected chi connectivity index (χ3v) is 6.46. The fraction of sp³-hybridized carbons (Fsp3) is 0.611. The number of amides is 1. The van der Waals surface area contributed by atoms with Crippen LogP contribution in [0.3, 0.4) is 0 Å². The molecule has 1 aliphatic carbocycles. The van der Waals surface area contributed by atoms with Gasteiger partial charge in [-0.25, -0.2) is 0 Å². The van der Waals surface area contributed by atoms with Crippen molar-refractivity contribution < 1.29 is 10.5 Å². The van der Waals surface area contributed by atoms with Crippen LogP contribution in [0.15, 0.2) is 24.3 Å². The van der Waals surface area contributed by atoms with Crippen molar-refractivity contribution in [2.75, 3.05) is 18.5 Å². The van der Waals surface area contributed by atoms with Crippen molar-refractivity contribution in [3.63, 3.8) is 0 Å². The van der Waals surface area contributed by atoms with E-state index in [1.165, 1.54) is 24.8 Å². The van der Waals surface area contributed by atoms with Crippen molar-refractivity contribution >= 4 is 11.6 Å². The molecule has 1 saturated carbocycles. The molecule has 1 aromatic rings. The molecule has 0 radical (unpaired) electrons. The lowest BCUT2D eigenvalue weighted by molar-refractivity contribution is -0.466. The molecule has 2 heterocycles. The largest absolute Gasteiger partial charge is 0.331 e. The van der Waals surface area contributed by atoms with Crippen molar-refractivity contribution in [3.05, 3.63) is 29.8 Å². The van der Waals surface area contributed by atoms with Crippen molar-refractivity contribution in [3.8, 4) is 0 Å². The summed E-state index contributed by atoms with van der Waals surface area (Å²) >= 11 is 0. The summed E-state index contributed by atoms with van der Waals surface area (Å²) in [5.41, 5.74) is 6.00. The molecule has 3 N–H and O–H groups in total. The second kappa shape index (κ2) is 4.48. The smallest absolute Gasteiger partial charge is 0.307 e.